The average Bonchev–Trinajstić information content (AvgIpc) is 2.62. The van der Waals surface area contributed by atoms with Crippen LogP contribution in [0.15, 0.2) is 54.6 Å². The number of nitrogens with zero attached hydrogens (tertiary/aromatic N) is 1. The van der Waals surface area contributed by atoms with Gasteiger partial charge in [-0.1, -0.05) is 68.2 Å². The molecule has 1 aliphatic rings. The van der Waals surface area contributed by atoms with Crippen molar-refractivity contribution in [3.05, 3.63) is 60.2 Å². The molecule has 2 amide bonds. The maximum atomic E-state index is 12.6. The van der Waals surface area contributed by atoms with Crippen LogP contribution in [0.5, 0.6) is 0 Å². The topological polar surface area (TPSA) is 49.4 Å². The van der Waals surface area contributed by atoms with E-state index in [-0.39, 0.29) is 18.2 Å². The number of rotatable bonds is 4. The number of anilines is 2. The van der Waals surface area contributed by atoms with Crippen molar-refractivity contribution in [2.45, 2.75) is 31.4 Å². The van der Waals surface area contributed by atoms with Crippen molar-refractivity contribution in [1.82, 2.24) is 0 Å². The molecule has 1 N–H and O–H groups in total. The summed E-state index contributed by atoms with van der Waals surface area (Å²) in [6.45, 7) is 4.24. The van der Waals surface area contributed by atoms with Gasteiger partial charge in [0.2, 0.25) is 11.8 Å². The van der Waals surface area contributed by atoms with Gasteiger partial charge < -0.3 is 5.32 Å². The van der Waals surface area contributed by atoms with Gasteiger partial charge in [0.05, 0.1) is 10.9 Å². The number of benzene rings is 2. The van der Waals surface area contributed by atoms with Crippen LogP contribution in [0, 0.1) is 0 Å². The van der Waals surface area contributed by atoms with Crippen LogP contribution >= 0.6 is 24.0 Å². The monoisotopic (exact) mass is 384 g/mol. The van der Waals surface area contributed by atoms with Crippen LogP contribution in [0.25, 0.3) is 0 Å². The Morgan fingerprint density at radius 3 is 2.38 bits per heavy atom. The Kier molecular flexibility index (Phi) is 5.74. The third-order valence-corrected chi connectivity index (χ3v) is 5.71. The first-order valence-corrected chi connectivity index (χ1v) is 9.74. The summed E-state index contributed by atoms with van der Waals surface area (Å²) in [5.74, 6) is 0.0820. The normalized spacial score (nSPS) is 17.5. The standard InChI is InChI=1S/C20H20N2O2S2/c1-13(2)14-8-10-15(11-9-14)21-19(24)17-12-18(23)22(20(25)26-17)16-6-4-3-5-7-16/h3-11,13,17H,12H2,1-2H3,(H,21,24)/t17-/m1/s1. The average molecular weight is 385 g/mol. The first-order chi connectivity index (χ1) is 12.5. The van der Waals surface area contributed by atoms with Crippen LogP contribution in [0.1, 0.15) is 31.7 Å². The Balaban J connectivity index is 1.66. The van der Waals surface area contributed by atoms with Gasteiger partial charge in [-0.2, -0.15) is 0 Å². The fourth-order valence-electron chi connectivity index (χ4n) is 2.71. The minimum atomic E-state index is -0.514. The van der Waals surface area contributed by atoms with E-state index < -0.39 is 5.25 Å². The van der Waals surface area contributed by atoms with Crippen LogP contribution in [-0.4, -0.2) is 21.4 Å². The molecule has 0 bridgehead atoms. The van der Waals surface area contributed by atoms with Gasteiger partial charge in [0.15, 0.2) is 0 Å². The fraction of sp³-hybridized carbons (Fsp3) is 0.250. The molecular formula is C20H20N2O2S2. The molecule has 1 atom stereocenters. The predicted octanol–water partition coefficient (Wildman–Crippen LogP) is 4.57. The molecule has 134 valence electrons. The van der Waals surface area contributed by atoms with E-state index in [9.17, 15) is 9.59 Å². The Hall–Kier alpha value is -2.18. The lowest BCUT2D eigenvalue weighted by Crippen LogP contribution is -2.44. The van der Waals surface area contributed by atoms with Gasteiger partial charge in [0.25, 0.3) is 0 Å². The second-order valence-electron chi connectivity index (χ2n) is 6.41. The lowest BCUT2D eigenvalue weighted by atomic mass is 10.0. The van der Waals surface area contributed by atoms with Crippen molar-refractivity contribution < 1.29 is 9.59 Å². The zero-order chi connectivity index (χ0) is 18.7. The highest BCUT2D eigenvalue weighted by molar-refractivity contribution is 8.24. The van der Waals surface area contributed by atoms with Gasteiger partial charge in [0.1, 0.15) is 4.32 Å². The van der Waals surface area contributed by atoms with E-state index in [2.05, 4.69) is 19.2 Å². The number of hydrogen-bond acceptors (Lipinski definition) is 4. The van der Waals surface area contributed by atoms with Crippen LogP contribution in [0.2, 0.25) is 0 Å². The largest absolute Gasteiger partial charge is 0.325 e. The number of carbonyl (C=O) groups excluding carboxylic acids is 2. The van der Waals surface area contributed by atoms with Gasteiger partial charge in [-0.15, -0.1) is 0 Å². The van der Waals surface area contributed by atoms with Crippen LogP contribution in [-0.2, 0) is 9.59 Å². The summed E-state index contributed by atoms with van der Waals surface area (Å²) < 4.78 is 0.405. The van der Waals surface area contributed by atoms with E-state index in [1.165, 1.54) is 22.2 Å². The Labute approximate surface area is 163 Å². The van der Waals surface area contributed by atoms with Gasteiger partial charge in [-0.05, 0) is 35.7 Å². The van der Waals surface area contributed by atoms with Crippen molar-refractivity contribution in [3.63, 3.8) is 0 Å². The molecule has 0 radical (unpaired) electrons. The van der Waals surface area contributed by atoms with Gasteiger partial charge >= 0.3 is 0 Å². The lowest BCUT2D eigenvalue weighted by Gasteiger charge is -2.31. The van der Waals surface area contributed by atoms with E-state index in [0.717, 1.165) is 11.4 Å². The minimum Gasteiger partial charge on any atom is -0.325 e. The van der Waals surface area contributed by atoms with Crippen molar-refractivity contribution >= 4 is 51.5 Å². The highest BCUT2D eigenvalue weighted by Gasteiger charge is 2.35. The molecule has 26 heavy (non-hydrogen) atoms. The molecule has 1 aliphatic heterocycles. The Morgan fingerprint density at radius 1 is 1.15 bits per heavy atom. The first kappa shape index (κ1) is 18.6. The second-order valence-corrected chi connectivity index (χ2v) is 8.24. The molecular weight excluding hydrogens is 364 g/mol. The number of thioether (sulfide) groups is 1. The van der Waals surface area contributed by atoms with E-state index in [0.29, 0.717) is 10.2 Å². The molecule has 0 saturated carbocycles. The third kappa shape index (κ3) is 4.14. The van der Waals surface area contributed by atoms with Crippen molar-refractivity contribution in [2.75, 3.05) is 10.2 Å². The molecule has 0 unspecified atom stereocenters. The predicted molar refractivity (Wildman–Crippen MR) is 112 cm³/mol. The summed E-state index contributed by atoms with van der Waals surface area (Å²) in [5.41, 5.74) is 2.67. The summed E-state index contributed by atoms with van der Waals surface area (Å²) in [4.78, 5) is 26.6. The first-order valence-electron chi connectivity index (χ1n) is 8.45. The highest BCUT2D eigenvalue weighted by Crippen LogP contribution is 2.31. The van der Waals surface area contributed by atoms with Crippen LogP contribution in [0.3, 0.4) is 0 Å². The molecule has 2 aromatic carbocycles. The molecule has 0 aliphatic carbocycles. The molecule has 1 heterocycles. The molecule has 0 aromatic heterocycles. The highest BCUT2D eigenvalue weighted by atomic mass is 32.2. The SMILES string of the molecule is CC(C)c1ccc(NC(=O)[C@H]2CC(=O)N(c3ccccc3)C(=S)S2)cc1. The second kappa shape index (κ2) is 8.01. The molecule has 1 fully saturated rings. The zero-order valence-electron chi connectivity index (χ0n) is 14.6. The number of nitrogens with one attached hydrogen (secondary N) is 1. The van der Waals surface area contributed by atoms with Gasteiger partial charge in [-0.25, -0.2) is 0 Å². The number of carbonyl (C=O) groups is 2. The molecule has 1 saturated heterocycles. The van der Waals surface area contributed by atoms with Gasteiger partial charge in [-0.3, -0.25) is 14.5 Å². The number of para-hydroxylation sites is 1. The molecule has 4 nitrogen and oxygen atoms in total. The Morgan fingerprint density at radius 2 is 1.81 bits per heavy atom. The summed E-state index contributed by atoms with van der Waals surface area (Å²) in [6.07, 6.45) is 0.121. The van der Waals surface area contributed by atoms with E-state index in [1.54, 1.807) is 0 Å². The maximum Gasteiger partial charge on any atom is 0.238 e. The van der Waals surface area contributed by atoms with Crippen molar-refractivity contribution in [1.29, 1.82) is 0 Å². The zero-order valence-corrected chi connectivity index (χ0v) is 16.3. The third-order valence-electron chi connectivity index (χ3n) is 4.19. The van der Waals surface area contributed by atoms with Crippen LogP contribution in [0.4, 0.5) is 11.4 Å². The quantitative estimate of drug-likeness (QED) is 0.785. The maximum absolute atomic E-state index is 12.6. The van der Waals surface area contributed by atoms with E-state index in [1.807, 2.05) is 54.6 Å². The summed E-state index contributed by atoms with van der Waals surface area (Å²) in [6, 6.07) is 17.0. The molecule has 3 rings (SSSR count). The molecule has 2 aromatic rings. The minimum absolute atomic E-state index is 0.121. The molecule has 6 heteroatoms. The smallest absolute Gasteiger partial charge is 0.238 e. The summed E-state index contributed by atoms with van der Waals surface area (Å²) in [5, 5.41) is 2.37. The molecule has 0 spiro atoms. The van der Waals surface area contributed by atoms with E-state index in [4.69, 9.17) is 12.2 Å². The van der Waals surface area contributed by atoms with Crippen molar-refractivity contribution in [2.24, 2.45) is 0 Å². The number of thiocarbonyl (C=S) groups is 1. The number of amides is 2. The summed E-state index contributed by atoms with van der Waals surface area (Å²) in [7, 11) is 0. The van der Waals surface area contributed by atoms with Gasteiger partial charge in [0, 0.05) is 12.1 Å². The van der Waals surface area contributed by atoms with Crippen molar-refractivity contribution in [3.8, 4) is 0 Å². The Bertz CT molecular complexity index is 801. The lowest BCUT2D eigenvalue weighted by molar-refractivity contribution is -0.121. The number of hydrogen-bond donors (Lipinski definition) is 1. The van der Waals surface area contributed by atoms with Crippen LogP contribution < -0.4 is 10.2 Å². The van der Waals surface area contributed by atoms with E-state index >= 15 is 0 Å². The fourth-order valence-corrected chi connectivity index (χ4v) is 4.22. The summed E-state index contributed by atoms with van der Waals surface area (Å²) >= 11 is 6.63.